The van der Waals surface area contributed by atoms with Gasteiger partial charge in [-0.3, -0.25) is 0 Å². The quantitative estimate of drug-likeness (QED) is 0.713. The summed E-state index contributed by atoms with van der Waals surface area (Å²) in [5, 5.41) is 0. The van der Waals surface area contributed by atoms with Gasteiger partial charge in [0.1, 0.15) is 11.9 Å². The lowest BCUT2D eigenvalue weighted by atomic mass is 9.97. The molecule has 0 bridgehead atoms. The summed E-state index contributed by atoms with van der Waals surface area (Å²) >= 11 is 0. The Kier molecular flexibility index (Phi) is 4.54. The molecule has 0 aromatic rings. The van der Waals surface area contributed by atoms with Crippen LogP contribution in [-0.2, 0) is 9.53 Å². The van der Waals surface area contributed by atoms with Crippen molar-refractivity contribution >= 4 is 12.4 Å². The molecular weight excluding hydrogens is 218 g/mol. The van der Waals surface area contributed by atoms with E-state index in [9.17, 15) is 9.59 Å². The maximum absolute atomic E-state index is 12.0. The van der Waals surface area contributed by atoms with Crippen molar-refractivity contribution in [2.75, 3.05) is 6.54 Å². The van der Waals surface area contributed by atoms with E-state index in [1.165, 1.54) is 0 Å². The summed E-state index contributed by atoms with van der Waals surface area (Å²) in [5.41, 5.74) is -0.479. The van der Waals surface area contributed by atoms with Crippen molar-refractivity contribution in [1.82, 2.24) is 4.90 Å². The lowest BCUT2D eigenvalue weighted by Gasteiger charge is -2.30. The van der Waals surface area contributed by atoms with Gasteiger partial charge in [0.05, 0.1) is 0 Å². The number of amides is 1. The summed E-state index contributed by atoms with van der Waals surface area (Å²) in [4.78, 5) is 24.7. The number of aldehydes is 1. The number of carbonyl (C=O) groups excluding carboxylic acids is 2. The van der Waals surface area contributed by atoms with Crippen LogP contribution in [0.4, 0.5) is 4.79 Å². The molecule has 4 heteroatoms. The molecule has 2 atom stereocenters. The molecule has 17 heavy (non-hydrogen) atoms. The minimum Gasteiger partial charge on any atom is -0.444 e. The Balaban J connectivity index is 2.69. The molecule has 1 heterocycles. The van der Waals surface area contributed by atoms with Gasteiger partial charge in [0, 0.05) is 18.5 Å². The maximum Gasteiger partial charge on any atom is 0.410 e. The SMILES string of the molecule is CCC(C=O)C1CCCN1C(=O)OC(C)(C)C. The summed E-state index contributed by atoms with van der Waals surface area (Å²) in [5.74, 6) is -0.0648. The van der Waals surface area contributed by atoms with Crippen molar-refractivity contribution in [3.63, 3.8) is 0 Å². The Morgan fingerprint density at radius 1 is 1.53 bits per heavy atom. The molecule has 1 fully saturated rings. The first kappa shape index (κ1) is 14.0. The minimum atomic E-state index is -0.479. The molecule has 0 aromatic carbocycles. The third-order valence-corrected chi connectivity index (χ3v) is 3.07. The first-order valence-corrected chi connectivity index (χ1v) is 6.34. The minimum absolute atomic E-state index is 0.0207. The summed E-state index contributed by atoms with van der Waals surface area (Å²) in [7, 11) is 0. The average molecular weight is 241 g/mol. The van der Waals surface area contributed by atoms with E-state index in [-0.39, 0.29) is 18.1 Å². The number of ether oxygens (including phenoxy) is 1. The first-order chi connectivity index (χ1) is 7.89. The third-order valence-electron chi connectivity index (χ3n) is 3.07. The number of hydrogen-bond donors (Lipinski definition) is 0. The molecule has 4 nitrogen and oxygen atoms in total. The van der Waals surface area contributed by atoms with Crippen molar-refractivity contribution in [1.29, 1.82) is 0 Å². The van der Waals surface area contributed by atoms with Gasteiger partial charge in [0.2, 0.25) is 0 Å². The lowest BCUT2D eigenvalue weighted by molar-refractivity contribution is -0.112. The zero-order valence-corrected chi connectivity index (χ0v) is 11.2. The Morgan fingerprint density at radius 2 is 2.18 bits per heavy atom. The second-order valence-corrected chi connectivity index (χ2v) is 5.59. The maximum atomic E-state index is 12.0. The molecule has 0 radical (unpaired) electrons. The fourth-order valence-corrected chi connectivity index (χ4v) is 2.24. The first-order valence-electron chi connectivity index (χ1n) is 6.34. The van der Waals surface area contributed by atoms with E-state index in [1.807, 2.05) is 27.7 Å². The van der Waals surface area contributed by atoms with Gasteiger partial charge in [0.15, 0.2) is 0 Å². The topological polar surface area (TPSA) is 46.6 Å². The van der Waals surface area contributed by atoms with Gasteiger partial charge in [-0.15, -0.1) is 0 Å². The van der Waals surface area contributed by atoms with Crippen molar-refractivity contribution < 1.29 is 14.3 Å². The van der Waals surface area contributed by atoms with Crippen LogP contribution in [0.5, 0.6) is 0 Å². The summed E-state index contributed by atoms with van der Waals surface area (Å²) < 4.78 is 5.36. The van der Waals surface area contributed by atoms with E-state index in [2.05, 4.69) is 0 Å². The molecule has 0 N–H and O–H groups in total. The van der Waals surface area contributed by atoms with Crippen LogP contribution in [0.15, 0.2) is 0 Å². The molecule has 1 saturated heterocycles. The van der Waals surface area contributed by atoms with E-state index in [4.69, 9.17) is 4.74 Å². The summed E-state index contributed by atoms with van der Waals surface area (Å²) in [6.45, 7) is 8.24. The van der Waals surface area contributed by atoms with Crippen molar-refractivity contribution in [3.05, 3.63) is 0 Å². The van der Waals surface area contributed by atoms with Crippen LogP contribution in [-0.4, -0.2) is 35.5 Å². The van der Waals surface area contributed by atoms with Gasteiger partial charge in [-0.2, -0.15) is 0 Å². The molecule has 0 aliphatic carbocycles. The molecule has 2 unspecified atom stereocenters. The van der Waals surface area contributed by atoms with Gasteiger partial charge < -0.3 is 14.4 Å². The van der Waals surface area contributed by atoms with E-state index < -0.39 is 5.60 Å². The predicted molar refractivity (Wildman–Crippen MR) is 65.8 cm³/mol. The molecule has 1 amide bonds. The number of likely N-dealkylation sites (tertiary alicyclic amines) is 1. The Labute approximate surface area is 103 Å². The molecule has 98 valence electrons. The molecular formula is C13H23NO3. The van der Waals surface area contributed by atoms with Crippen LogP contribution in [0.3, 0.4) is 0 Å². The largest absolute Gasteiger partial charge is 0.444 e. The number of hydrogen-bond acceptors (Lipinski definition) is 3. The Hall–Kier alpha value is -1.06. The molecule has 0 spiro atoms. The fourth-order valence-electron chi connectivity index (χ4n) is 2.24. The van der Waals surface area contributed by atoms with Gasteiger partial charge in [-0.05, 0) is 40.0 Å². The van der Waals surface area contributed by atoms with Crippen LogP contribution < -0.4 is 0 Å². The smallest absolute Gasteiger partial charge is 0.410 e. The van der Waals surface area contributed by atoms with E-state index in [0.29, 0.717) is 6.54 Å². The zero-order chi connectivity index (χ0) is 13.1. The van der Waals surface area contributed by atoms with Crippen LogP contribution in [0.25, 0.3) is 0 Å². The van der Waals surface area contributed by atoms with Crippen LogP contribution in [0.1, 0.15) is 47.0 Å². The number of nitrogens with zero attached hydrogens (tertiary/aromatic N) is 1. The summed E-state index contributed by atoms with van der Waals surface area (Å²) in [6, 6.07) is 0.0207. The van der Waals surface area contributed by atoms with E-state index >= 15 is 0 Å². The van der Waals surface area contributed by atoms with Crippen molar-refractivity contribution in [2.24, 2.45) is 5.92 Å². The zero-order valence-electron chi connectivity index (χ0n) is 11.2. The number of carbonyl (C=O) groups is 2. The molecule has 1 aliphatic rings. The average Bonchev–Trinajstić information content (AvgIpc) is 2.66. The second-order valence-electron chi connectivity index (χ2n) is 5.59. The Bertz CT molecular complexity index is 283. The van der Waals surface area contributed by atoms with Gasteiger partial charge in [-0.25, -0.2) is 4.79 Å². The highest BCUT2D eigenvalue weighted by atomic mass is 16.6. The highest BCUT2D eigenvalue weighted by Gasteiger charge is 2.36. The van der Waals surface area contributed by atoms with Crippen LogP contribution in [0, 0.1) is 5.92 Å². The molecule has 0 saturated carbocycles. The Morgan fingerprint density at radius 3 is 2.65 bits per heavy atom. The second kappa shape index (κ2) is 5.52. The van der Waals surface area contributed by atoms with Gasteiger partial charge in [0.25, 0.3) is 0 Å². The van der Waals surface area contributed by atoms with Gasteiger partial charge in [-0.1, -0.05) is 6.92 Å². The highest BCUT2D eigenvalue weighted by Crippen LogP contribution is 2.26. The van der Waals surface area contributed by atoms with Gasteiger partial charge >= 0.3 is 6.09 Å². The standard InChI is InChI=1S/C13H23NO3/c1-5-10(9-15)11-7-6-8-14(11)12(16)17-13(2,3)4/h9-11H,5-8H2,1-4H3. The van der Waals surface area contributed by atoms with E-state index in [0.717, 1.165) is 25.5 Å². The number of rotatable bonds is 3. The predicted octanol–water partition coefficient (Wildman–Crippen LogP) is 2.61. The fraction of sp³-hybridized carbons (Fsp3) is 0.846. The highest BCUT2D eigenvalue weighted by molar-refractivity contribution is 5.70. The molecule has 1 rings (SSSR count). The van der Waals surface area contributed by atoms with Crippen molar-refractivity contribution in [3.8, 4) is 0 Å². The van der Waals surface area contributed by atoms with Crippen LogP contribution >= 0.6 is 0 Å². The monoisotopic (exact) mass is 241 g/mol. The van der Waals surface area contributed by atoms with Crippen molar-refractivity contribution in [2.45, 2.75) is 58.6 Å². The third kappa shape index (κ3) is 3.72. The molecule has 1 aliphatic heterocycles. The normalized spacial score (nSPS) is 22.4. The van der Waals surface area contributed by atoms with E-state index in [1.54, 1.807) is 4.90 Å². The van der Waals surface area contributed by atoms with Crippen LogP contribution in [0.2, 0.25) is 0 Å². The summed E-state index contributed by atoms with van der Waals surface area (Å²) in [6.07, 6.45) is 3.30. The molecule has 0 aromatic heterocycles. The lowest BCUT2D eigenvalue weighted by Crippen LogP contribution is -2.43.